The van der Waals surface area contributed by atoms with Gasteiger partial charge in [-0.15, -0.1) is 6.58 Å². The average Bonchev–Trinajstić information content (AvgIpc) is 3.19. The highest BCUT2D eigenvalue weighted by Gasteiger charge is 2.16. The van der Waals surface area contributed by atoms with Gasteiger partial charge < -0.3 is 10.1 Å². The molecule has 0 aliphatic rings. The Morgan fingerprint density at radius 1 is 1.23 bits per heavy atom. The highest BCUT2D eigenvalue weighted by atomic mass is 16.5. The van der Waals surface area contributed by atoms with E-state index in [1.54, 1.807) is 24.5 Å². The molecule has 0 spiro atoms. The number of carbonyl (C=O) groups is 2. The zero-order valence-electron chi connectivity index (χ0n) is 17.3. The lowest BCUT2D eigenvalue weighted by atomic mass is 10.1. The standard InChI is InChI=1S/C24H24N4O3/c1-3-13-26-24(30)18(2)31-22(29)12-11-21-17-28(16-19-8-5-4-6-9-19)27-23(21)20-10-7-14-25-15-20/h3-12,14-15,17-18H,1,13,16H2,2H3,(H,26,30)/b12-11+/t18-/m1/s1. The average molecular weight is 416 g/mol. The summed E-state index contributed by atoms with van der Waals surface area (Å²) in [6.45, 7) is 5.95. The van der Waals surface area contributed by atoms with Crippen LogP contribution in [0.1, 0.15) is 18.1 Å². The van der Waals surface area contributed by atoms with E-state index in [-0.39, 0.29) is 5.91 Å². The molecule has 0 unspecified atom stereocenters. The summed E-state index contributed by atoms with van der Waals surface area (Å²) in [5, 5.41) is 7.27. The Morgan fingerprint density at radius 3 is 2.74 bits per heavy atom. The molecule has 7 heteroatoms. The molecule has 1 N–H and O–H groups in total. The first-order valence-corrected chi connectivity index (χ1v) is 9.86. The van der Waals surface area contributed by atoms with E-state index in [1.165, 1.54) is 13.0 Å². The molecule has 1 aromatic carbocycles. The third-order valence-corrected chi connectivity index (χ3v) is 4.39. The van der Waals surface area contributed by atoms with Crippen molar-refractivity contribution < 1.29 is 14.3 Å². The molecule has 3 rings (SSSR count). The Morgan fingerprint density at radius 2 is 2.03 bits per heavy atom. The lowest BCUT2D eigenvalue weighted by Gasteiger charge is -2.10. The first-order chi connectivity index (χ1) is 15.1. The van der Waals surface area contributed by atoms with Gasteiger partial charge in [-0.25, -0.2) is 4.79 Å². The molecule has 31 heavy (non-hydrogen) atoms. The number of nitrogens with zero attached hydrogens (tertiary/aromatic N) is 3. The molecule has 0 fully saturated rings. The summed E-state index contributed by atoms with van der Waals surface area (Å²) in [7, 11) is 0. The number of rotatable bonds is 9. The van der Waals surface area contributed by atoms with Crippen LogP contribution in [-0.4, -0.2) is 39.3 Å². The fourth-order valence-corrected chi connectivity index (χ4v) is 2.88. The van der Waals surface area contributed by atoms with Gasteiger partial charge in [0.2, 0.25) is 0 Å². The Bertz CT molecular complexity index is 1060. The van der Waals surface area contributed by atoms with Crippen LogP contribution in [0.4, 0.5) is 0 Å². The molecule has 7 nitrogen and oxygen atoms in total. The number of benzene rings is 1. The topological polar surface area (TPSA) is 86.1 Å². The van der Waals surface area contributed by atoms with Crippen LogP contribution < -0.4 is 5.32 Å². The SMILES string of the molecule is C=CCNC(=O)[C@@H](C)OC(=O)/C=C/c1cn(Cc2ccccc2)nc1-c1cccnc1. The molecule has 0 bridgehead atoms. The highest BCUT2D eigenvalue weighted by molar-refractivity contribution is 5.91. The van der Waals surface area contributed by atoms with E-state index in [2.05, 4.69) is 22.0 Å². The second-order valence-electron chi connectivity index (χ2n) is 6.80. The number of hydrogen-bond donors (Lipinski definition) is 1. The van der Waals surface area contributed by atoms with Crippen molar-refractivity contribution in [2.75, 3.05) is 6.54 Å². The molecule has 2 heterocycles. The number of amides is 1. The van der Waals surface area contributed by atoms with Gasteiger partial charge in [0, 0.05) is 42.3 Å². The van der Waals surface area contributed by atoms with E-state index in [0.29, 0.717) is 18.8 Å². The van der Waals surface area contributed by atoms with Crippen LogP contribution in [0.3, 0.4) is 0 Å². The Hall–Kier alpha value is -4.00. The van der Waals surface area contributed by atoms with Crippen molar-refractivity contribution >= 4 is 18.0 Å². The molecule has 158 valence electrons. The number of esters is 1. The van der Waals surface area contributed by atoms with Crippen molar-refractivity contribution in [2.24, 2.45) is 0 Å². The highest BCUT2D eigenvalue weighted by Crippen LogP contribution is 2.23. The van der Waals surface area contributed by atoms with Gasteiger partial charge in [-0.05, 0) is 30.7 Å². The predicted octanol–water partition coefficient (Wildman–Crippen LogP) is 3.24. The van der Waals surface area contributed by atoms with E-state index in [0.717, 1.165) is 16.7 Å². The predicted molar refractivity (Wildman–Crippen MR) is 119 cm³/mol. The van der Waals surface area contributed by atoms with Gasteiger partial charge in [-0.2, -0.15) is 5.10 Å². The molecule has 2 aromatic heterocycles. The van der Waals surface area contributed by atoms with E-state index < -0.39 is 12.1 Å². The molecule has 1 atom stereocenters. The summed E-state index contributed by atoms with van der Waals surface area (Å²) in [4.78, 5) is 28.2. The zero-order valence-corrected chi connectivity index (χ0v) is 17.3. The maximum absolute atomic E-state index is 12.2. The summed E-state index contributed by atoms with van der Waals surface area (Å²) >= 11 is 0. The lowest BCUT2D eigenvalue weighted by molar-refractivity contribution is -0.150. The number of aromatic nitrogens is 3. The van der Waals surface area contributed by atoms with Gasteiger partial charge in [0.25, 0.3) is 5.91 Å². The minimum Gasteiger partial charge on any atom is -0.449 e. The van der Waals surface area contributed by atoms with Crippen LogP contribution in [-0.2, 0) is 20.9 Å². The molecule has 0 aliphatic carbocycles. The summed E-state index contributed by atoms with van der Waals surface area (Å²) < 4.78 is 6.98. The van der Waals surface area contributed by atoms with E-state index in [4.69, 9.17) is 4.74 Å². The van der Waals surface area contributed by atoms with Gasteiger partial charge in [-0.3, -0.25) is 14.5 Å². The number of ether oxygens (including phenoxy) is 1. The normalized spacial score (nSPS) is 11.8. The minimum absolute atomic E-state index is 0.311. The molecule has 3 aromatic rings. The van der Waals surface area contributed by atoms with Crippen molar-refractivity contribution in [2.45, 2.75) is 19.6 Å². The molecule has 0 aliphatic heterocycles. The van der Waals surface area contributed by atoms with Crippen LogP contribution in [0.5, 0.6) is 0 Å². The van der Waals surface area contributed by atoms with Gasteiger partial charge >= 0.3 is 5.97 Å². The first kappa shape index (κ1) is 21.7. The zero-order chi connectivity index (χ0) is 22.1. The smallest absolute Gasteiger partial charge is 0.331 e. The van der Waals surface area contributed by atoms with Crippen LogP contribution in [0.15, 0.2) is 79.8 Å². The molecule has 1 amide bonds. The summed E-state index contributed by atoms with van der Waals surface area (Å²) in [6, 6.07) is 13.7. The Balaban J connectivity index is 1.77. The number of hydrogen-bond acceptors (Lipinski definition) is 5. The number of nitrogens with one attached hydrogen (secondary N) is 1. The molecule has 0 saturated carbocycles. The molecular weight excluding hydrogens is 392 g/mol. The lowest BCUT2D eigenvalue weighted by Crippen LogP contribution is -2.35. The summed E-state index contributed by atoms with van der Waals surface area (Å²) in [6.07, 6.45) is 8.84. The van der Waals surface area contributed by atoms with Crippen molar-refractivity contribution in [3.63, 3.8) is 0 Å². The first-order valence-electron chi connectivity index (χ1n) is 9.86. The third kappa shape index (κ3) is 6.24. The van der Waals surface area contributed by atoms with Crippen LogP contribution in [0.25, 0.3) is 17.3 Å². The van der Waals surface area contributed by atoms with Crippen molar-refractivity contribution in [3.05, 3.63) is 90.9 Å². The van der Waals surface area contributed by atoms with Gasteiger partial charge in [0.15, 0.2) is 6.10 Å². The Labute approximate surface area is 181 Å². The summed E-state index contributed by atoms with van der Waals surface area (Å²) in [5.74, 6) is -0.998. The molecule has 0 saturated heterocycles. The van der Waals surface area contributed by atoms with E-state index in [9.17, 15) is 9.59 Å². The van der Waals surface area contributed by atoms with Crippen LogP contribution in [0, 0.1) is 0 Å². The summed E-state index contributed by atoms with van der Waals surface area (Å²) in [5.41, 5.74) is 3.38. The number of carbonyl (C=O) groups excluding carboxylic acids is 2. The van der Waals surface area contributed by atoms with Crippen LogP contribution in [0.2, 0.25) is 0 Å². The minimum atomic E-state index is -0.907. The fourth-order valence-electron chi connectivity index (χ4n) is 2.88. The van der Waals surface area contributed by atoms with Gasteiger partial charge in [0.05, 0.1) is 6.54 Å². The maximum atomic E-state index is 12.2. The number of pyridine rings is 1. The third-order valence-electron chi connectivity index (χ3n) is 4.39. The van der Waals surface area contributed by atoms with Crippen molar-refractivity contribution in [1.29, 1.82) is 0 Å². The van der Waals surface area contributed by atoms with Crippen LogP contribution >= 0.6 is 0 Å². The monoisotopic (exact) mass is 416 g/mol. The van der Waals surface area contributed by atoms with E-state index >= 15 is 0 Å². The second kappa shape index (κ2) is 10.7. The van der Waals surface area contributed by atoms with E-state index in [1.807, 2.05) is 53.3 Å². The second-order valence-corrected chi connectivity index (χ2v) is 6.80. The molecule has 0 radical (unpaired) electrons. The van der Waals surface area contributed by atoms with Crippen molar-refractivity contribution in [3.8, 4) is 11.3 Å². The van der Waals surface area contributed by atoms with Gasteiger partial charge in [-0.1, -0.05) is 36.4 Å². The fraction of sp³-hybridized carbons (Fsp3) is 0.167. The van der Waals surface area contributed by atoms with Gasteiger partial charge in [0.1, 0.15) is 5.69 Å². The maximum Gasteiger partial charge on any atom is 0.331 e. The largest absolute Gasteiger partial charge is 0.449 e. The Kier molecular flexibility index (Phi) is 7.48. The molecular formula is C24H24N4O3. The quantitative estimate of drug-likeness (QED) is 0.329. The van der Waals surface area contributed by atoms with Crippen molar-refractivity contribution in [1.82, 2.24) is 20.1 Å².